The third-order valence-electron chi connectivity index (χ3n) is 2.94. The molecule has 5 heteroatoms. The standard InChI is InChI=1S/C14H16BrN3O/c1-3-6-18-14(16-9-17-18)8-13(19)12-5-4-11(15)7-10(12)2/h4-5,7,9H,3,6,8H2,1-2H3. The molecule has 0 aliphatic carbocycles. The van der Waals surface area contributed by atoms with Gasteiger partial charge < -0.3 is 0 Å². The third kappa shape index (κ3) is 3.29. The van der Waals surface area contributed by atoms with E-state index in [9.17, 15) is 4.79 Å². The zero-order valence-corrected chi connectivity index (χ0v) is 12.6. The maximum Gasteiger partial charge on any atom is 0.170 e. The highest BCUT2D eigenvalue weighted by atomic mass is 79.9. The summed E-state index contributed by atoms with van der Waals surface area (Å²) in [5, 5.41) is 4.14. The molecule has 1 heterocycles. The Kier molecular flexibility index (Phi) is 4.47. The average Bonchev–Trinajstić information content (AvgIpc) is 2.77. The molecule has 0 bridgehead atoms. The van der Waals surface area contributed by atoms with Gasteiger partial charge in [-0.05, 0) is 31.0 Å². The van der Waals surface area contributed by atoms with Crippen LogP contribution in [-0.4, -0.2) is 20.5 Å². The zero-order valence-electron chi connectivity index (χ0n) is 11.1. The molecule has 0 spiro atoms. The Labute approximate surface area is 121 Å². The zero-order chi connectivity index (χ0) is 13.8. The quantitative estimate of drug-likeness (QED) is 0.794. The van der Waals surface area contributed by atoms with Crippen LogP contribution in [-0.2, 0) is 13.0 Å². The van der Waals surface area contributed by atoms with Gasteiger partial charge in [-0.2, -0.15) is 5.10 Å². The first-order chi connectivity index (χ1) is 9.11. The maximum atomic E-state index is 12.3. The summed E-state index contributed by atoms with van der Waals surface area (Å²) in [5.74, 6) is 0.810. The summed E-state index contributed by atoms with van der Waals surface area (Å²) in [6.07, 6.45) is 2.77. The molecular weight excluding hydrogens is 306 g/mol. The van der Waals surface area contributed by atoms with Gasteiger partial charge in [0.25, 0.3) is 0 Å². The van der Waals surface area contributed by atoms with Crippen molar-refractivity contribution < 1.29 is 4.79 Å². The van der Waals surface area contributed by atoms with Crippen LogP contribution in [0.2, 0.25) is 0 Å². The summed E-state index contributed by atoms with van der Waals surface area (Å²) in [4.78, 5) is 16.5. The van der Waals surface area contributed by atoms with Crippen LogP contribution in [0.1, 0.15) is 35.1 Å². The molecule has 0 aliphatic rings. The van der Waals surface area contributed by atoms with Crippen molar-refractivity contribution >= 4 is 21.7 Å². The Morgan fingerprint density at radius 2 is 2.21 bits per heavy atom. The van der Waals surface area contributed by atoms with Crippen molar-refractivity contribution in [1.82, 2.24) is 14.8 Å². The fourth-order valence-corrected chi connectivity index (χ4v) is 2.48. The normalized spacial score (nSPS) is 10.7. The highest BCUT2D eigenvalue weighted by molar-refractivity contribution is 9.10. The highest BCUT2D eigenvalue weighted by Gasteiger charge is 2.14. The number of carbonyl (C=O) groups excluding carboxylic acids is 1. The molecule has 0 unspecified atom stereocenters. The summed E-state index contributed by atoms with van der Waals surface area (Å²) in [6, 6.07) is 5.68. The molecule has 0 amide bonds. The van der Waals surface area contributed by atoms with Gasteiger partial charge in [-0.25, -0.2) is 9.67 Å². The number of nitrogens with zero attached hydrogens (tertiary/aromatic N) is 3. The molecular formula is C14H16BrN3O. The van der Waals surface area contributed by atoms with Crippen LogP contribution in [0.3, 0.4) is 0 Å². The number of carbonyl (C=O) groups is 1. The summed E-state index contributed by atoms with van der Waals surface area (Å²) >= 11 is 3.40. The van der Waals surface area contributed by atoms with Crippen molar-refractivity contribution in [3.8, 4) is 0 Å². The molecule has 0 N–H and O–H groups in total. The molecule has 100 valence electrons. The Balaban J connectivity index is 2.18. The molecule has 0 saturated heterocycles. The minimum Gasteiger partial charge on any atom is -0.294 e. The van der Waals surface area contributed by atoms with E-state index in [-0.39, 0.29) is 5.78 Å². The Morgan fingerprint density at radius 3 is 2.89 bits per heavy atom. The lowest BCUT2D eigenvalue weighted by atomic mass is 10.0. The first-order valence-electron chi connectivity index (χ1n) is 6.28. The largest absolute Gasteiger partial charge is 0.294 e. The predicted octanol–water partition coefficient (Wildman–Crippen LogP) is 3.18. The first-order valence-corrected chi connectivity index (χ1v) is 7.07. The number of hydrogen-bond acceptors (Lipinski definition) is 3. The van der Waals surface area contributed by atoms with E-state index in [1.165, 1.54) is 6.33 Å². The van der Waals surface area contributed by atoms with Crippen LogP contribution >= 0.6 is 15.9 Å². The van der Waals surface area contributed by atoms with E-state index in [1.807, 2.05) is 25.1 Å². The molecule has 4 nitrogen and oxygen atoms in total. The number of halogens is 1. The van der Waals surface area contributed by atoms with E-state index in [1.54, 1.807) is 4.68 Å². The number of aromatic nitrogens is 3. The summed E-state index contributed by atoms with van der Waals surface area (Å²) in [7, 11) is 0. The molecule has 0 aliphatic heterocycles. The lowest BCUT2D eigenvalue weighted by Crippen LogP contribution is -2.12. The van der Waals surface area contributed by atoms with E-state index in [0.29, 0.717) is 6.42 Å². The second kappa shape index (κ2) is 6.10. The van der Waals surface area contributed by atoms with Gasteiger partial charge in [-0.3, -0.25) is 4.79 Å². The van der Waals surface area contributed by atoms with Gasteiger partial charge in [0.2, 0.25) is 0 Å². The summed E-state index contributed by atoms with van der Waals surface area (Å²) in [5.41, 5.74) is 1.72. The topological polar surface area (TPSA) is 47.8 Å². The molecule has 0 radical (unpaired) electrons. The van der Waals surface area contributed by atoms with Gasteiger partial charge in [0.1, 0.15) is 12.2 Å². The van der Waals surface area contributed by atoms with Crippen molar-refractivity contribution in [2.45, 2.75) is 33.2 Å². The molecule has 0 fully saturated rings. The van der Waals surface area contributed by atoms with E-state index in [0.717, 1.165) is 34.4 Å². The summed E-state index contributed by atoms with van der Waals surface area (Å²) < 4.78 is 2.78. The van der Waals surface area contributed by atoms with E-state index in [4.69, 9.17) is 0 Å². The van der Waals surface area contributed by atoms with Crippen LogP contribution < -0.4 is 0 Å². The fourth-order valence-electron chi connectivity index (χ4n) is 2.00. The van der Waals surface area contributed by atoms with Crippen molar-refractivity contribution in [3.05, 3.63) is 46.0 Å². The second-order valence-electron chi connectivity index (χ2n) is 4.46. The Hall–Kier alpha value is -1.49. The van der Waals surface area contributed by atoms with Crippen molar-refractivity contribution in [3.63, 3.8) is 0 Å². The molecule has 2 rings (SSSR count). The molecule has 1 aromatic heterocycles. The number of hydrogen-bond donors (Lipinski definition) is 0. The minimum absolute atomic E-state index is 0.0790. The van der Waals surface area contributed by atoms with E-state index in [2.05, 4.69) is 32.9 Å². The summed E-state index contributed by atoms with van der Waals surface area (Å²) in [6.45, 7) is 4.81. The van der Waals surface area contributed by atoms with Crippen LogP contribution in [0.4, 0.5) is 0 Å². The van der Waals surface area contributed by atoms with E-state index >= 15 is 0 Å². The number of ketones is 1. The number of benzene rings is 1. The minimum atomic E-state index is 0.0790. The Bertz CT molecular complexity index is 592. The molecule has 0 atom stereocenters. The second-order valence-corrected chi connectivity index (χ2v) is 5.37. The monoisotopic (exact) mass is 321 g/mol. The van der Waals surface area contributed by atoms with Crippen LogP contribution in [0.5, 0.6) is 0 Å². The van der Waals surface area contributed by atoms with Gasteiger partial charge in [0, 0.05) is 16.6 Å². The van der Waals surface area contributed by atoms with Crippen molar-refractivity contribution in [1.29, 1.82) is 0 Å². The number of aryl methyl sites for hydroxylation is 2. The van der Waals surface area contributed by atoms with Gasteiger partial charge in [0.15, 0.2) is 5.78 Å². The van der Waals surface area contributed by atoms with Gasteiger partial charge in [-0.1, -0.05) is 28.9 Å². The third-order valence-corrected chi connectivity index (χ3v) is 3.43. The fraction of sp³-hybridized carbons (Fsp3) is 0.357. The van der Waals surface area contributed by atoms with Crippen LogP contribution in [0.15, 0.2) is 29.0 Å². The highest BCUT2D eigenvalue weighted by Crippen LogP contribution is 2.17. The smallest absolute Gasteiger partial charge is 0.170 e. The SMILES string of the molecule is CCCn1ncnc1CC(=O)c1ccc(Br)cc1C. The lowest BCUT2D eigenvalue weighted by Gasteiger charge is -2.06. The molecule has 19 heavy (non-hydrogen) atoms. The van der Waals surface area contributed by atoms with Gasteiger partial charge in [-0.15, -0.1) is 0 Å². The average molecular weight is 322 g/mol. The van der Waals surface area contributed by atoms with Crippen molar-refractivity contribution in [2.24, 2.45) is 0 Å². The molecule has 0 saturated carbocycles. The number of Topliss-reactive ketones (excluding diaryl/α,β-unsaturated/α-hetero) is 1. The Morgan fingerprint density at radius 1 is 1.42 bits per heavy atom. The van der Waals surface area contributed by atoms with E-state index < -0.39 is 0 Å². The predicted molar refractivity (Wildman–Crippen MR) is 77.2 cm³/mol. The molecule has 2 aromatic rings. The van der Waals surface area contributed by atoms with Crippen LogP contribution in [0, 0.1) is 6.92 Å². The van der Waals surface area contributed by atoms with Gasteiger partial charge in [0.05, 0.1) is 6.42 Å². The molecule has 1 aromatic carbocycles. The van der Waals surface area contributed by atoms with Gasteiger partial charge >= 0.3 is 0 Å². The number of rotatable bonds is 5. The first kappa shape index (κ1) is 13.9. The lowest BCUT2D eigenvalue weighted by molar-refractivity contribution is 0.0988. The van der Waals surface area contributed by atoms with Crippen molar-refractivity contribution in [2.75, 3.05) is 0 Å². The van der Waals surface area contributed by atoms with Crippen LogP contribution in [0.25, 0.3) is 0 Å². The maximum absolute atomic E-state index is 12.3.